The van der Waals surface area contributed by atoms with Gasteiger partial charge in [0.2, 0.25) is 5.95 Å². The Hall–Kier alpha value is -2.32. The summed E-state index contributed by atoms with van der Waals surface area (Å²) in [6.07, 6.45) is 6.64. The van der Waals surface area contributed by atoms with Crippen molar-refractivity contribution in [3.05, 3.63) is 42.2 Å². The van der Waals surface area contributed by atoms with E-state index in [9.17, 15) is 4.79 Å². The predicted molar refractivity (Wildman–Crippen MR) is 109 cm³/mol. The van der Waals surface area contributed by atoms with E-state index in [4.69, 9.17) is 4.74 Å². The molecule has 0 bridgehead atoms. The van der Waals surface area contributed by atoms with Crippen molar-refractivity contribution in [1.82, 2.24) is 20.0 Å². The third-order valence-corrected chi connectivity index (χ3v) is 4.91. The Kier molecular flexibility index (Phi) is 6.89. The van der Waals surface area contributed by atoms with E-state index in [-0.39, 0.29) is 6.03 Å². The maximum Gasteiger partial charge on any atom is 0.325 e. The molecule has 27 heavy (non-hydrogen) atoms. The molecule has 2 heterocycles. The highest BCUT2D eigenvalue weighted by Crippen LogP contribution is 2.23. The highest BCUT2D eigenvalue weighted by molar-refractivity contribution is 7.97. The lowest BCUT2D eigenvalue weighted by Crippen LogP contribution is -2.30. The number of aromatic nitrogens is 2. The van der Waals surface area contributed by atoms with Crippen LogP contribution in [-0.4, -0.2) is 49.1 Å². The molecule has 1 unspecified atom stereocenters. The van der Waals surface area contributed by atoms with E-state index in [1.807, 2.05) is 42.9 Å². The molecule has 1 aromatic carbocycles. The average Bonchev–Trinajstić information content (AvgIpc) is 3.16. The lowest BCUT2D eigenvalue weighted by molar-refractivity contribution is 0.161. The van der Waals surface area contributed by atoms with Gasteiger partial charge in [-0.2, -0.15) is 0 Å². The highest BCUT2D eigenvalue weighted by Gasteiger charge is 2.24. The van der Waals surface area contributed by atoms with Gasteiger partial charge in [-0.25, -0.2) is 14.8 Å². The number of urea groups is 1. The summed E-state index contributed by atoms with van der Waals surface area (Å²) >= 11 is 1.27. The van der Waals surface area contributed by atoms with Gasteiger partial charge in [-0.1, -0.05) is 30.1 Å². The Morgan fingerprint density at radius 2 is 2.15 bits per heavy atom. The van der Waals surface area contributed by atoms with Gasteiger partial charge in [-0.3, -0.25) is 4.72 Å². The normalized spacial score (nSPS) is 16.4. The minimum Gasteiger partial charge on any atom is -0.384 e. The molecule has 1 aromatic heterocycles. The zero-order valence-electron chi connectivity index (χ0n) is 15.6. The summed E-state index contributed by atoms with van der Waals surface area (Å²) in [5, 5.41) is 2.82. The van der Waals surface area contributed by atoms with Crippen LogP contribution in [0.15, 0.2) is 36.7 Å². The van der Waals surface area contributed by atoms with Crippen LogP contribution in [0.5, 0.6) is 0 Å². The Morgan fingerprint density at radius 3 is 2.89 bits per heavy atom. The summed E-state index contributed by atoms with van der Waals surface area (Å²) in [5.41, 5.74) is 3.02. The van der Waals surface area contributed by atoms with E-state index in [1.165, 1.54) is 11.9 Å². The number of hydrogen-bond acceptors (Lipinski definition) is 6. The fraction of sp³-hybridized carbons (Fsp3) is 0.421. The van der Waals surface area contributed by atoms with Crippen molar-refractivity contribution in [1.29, 1.82) is 0 Å². The van der Waals surface area contributed by atoms with Gasteiger partial charge >= 0.3 is 6.03 Å². The molecule has 0 radical (unpaired) electrons. The summed E-state index contributed by atoms with van der Waals surface area (Å²) in [7, 11) is 1.74. The summed E-state index contributed by atoms with van der Waals surface area (Å²) in [5.74, 6) is 1.31. The number of nitrogens with zero attached hydrogens (tertiary/aromatic N) is 3. The monoisotopic (exact) mass is 387 g/mol. The van der Waals surface area contributed by atoms with Crippen LogP contribution in [0.1, 0.15) is 12.0 Å². The van der Waals surface area contributed by atoms with Crippen LogP contribution in [0, 0.1) is 5.92 Å². The largest absolute Gasteiger partial charge is 0.384 e. The number of carbonyl (C=O) groups excluding carboxylic acids is 1. The van der Waals surface area contributed by atoms with Crippen molar-refractivity contribution in [2.24, 2.45) is 5.92 Å². The van der Waals surface area contributed by atoms with E-state index < -0.39 is 0 Å². The van der Waals surface area contributed by atoms with Crippen LogP contribution < -0.4 is 14.9 Å². The Labute approximate surface area is 164 Å². The van der Waals surface area contributed by atoms with Crippen molar-refractivity contribution >= 4 is 23.9 Å². The van der Waals surface area contributed by atoms with Crippen molar-refractivity contribution < 1.29 is 9.53 Å². The third-order valence-electron chi connectivity index (χ3n) is 4.52. The number of ether oxygens (including phenoxy) is 1. The minimum atomic E-state index is -0.196. The first-order valence-electron chi connectivity index (χ1n) is 8.91. The third kappa shape index (κ3) is 5.33. The molecular formula is C19H25N5O2S. The van der Waals surface area contributed by atoms with Gasteiger partial charge in [0, 0.05) is 56.9 Å². The quantitative estimate of drug-likeness (QED) is 0.711. The molecule has 1 atom stereocenters. The lowest BCUT2D eigenvalue weighted by Gasteiger charge is -2.16. The standard InChI is InChI=1S/C19H25N5O2S/c1-26-13-15-6-7-24(12-15)18-20-10-17(11-21-18)16-5-3-4-14(8-16)9-22-19(25)23-27-2/h3-5,8,10-11,15H,6-7,9,12-13H2,1-2H3,(H2,22,23,25). The molecule has 1 aliphatic rings. The topological polar surface area (TPSA) is 79.4 Å². The molecule has 2 aromatic rings. The summed E-state index contributed by atoms with van der Waals surface area (Å²) in [6, 6.07) is 7.83. The number of nitrogens with one attached hydrogen (secondary N) is 2. The van der Waals surface area contributed by atoms with Gasteiger partial charge in [0.15, 0.2) is 0 Å². The van der Waals surface area contributed by atoms with Crippen molar-refractivity contribution in [2.45, 2.75) is 13.0 Å². The molecule has 0 aliphatic carbocycles. The zero-order chi connectivity index (χ0) is 19.1. The van der Waals surface area contributed by atoms with Crippen LogP contribution in [0.2, 0.25) is 0 Å². The maximum atomic E-state index is 11.5. The second kappa shape index (κ2) is 9.57. The van der Waals surface area contributed by atoms with E-state index in [2.05, 4.69) is 24.9 Å². The van der Waals surface area contributed by atoms with Gasteiger partial charge in [0.05, 0.1) is 6.61 Å². The molecule has 1 aliphatic heterocycles. The first-order valence-corrected chi connectivity index (χ1v) is 10.1. The van der Waals surface area contributed by atoms with Crippen LogP contribution in [-0.2, 0) is 11.3 Å². The number of benzene rings is 1. The number of hydrogen-bond donors (Lipinski definition) is 2. The molecule has 2 amide bonds. The maximum absolute atomic E-state index is 11.5. The van der Waals surface area contributed by atoms with Crippen LogP contribution >= 0.6 is 11.9 Å². The van der Waals surface area contributed by atoms with E-state index in [1.54, 1.807) is 7.11 Å². The molecule has 144 valence electrons. The highest BCUT2D eigenvalue weighted by atomic mass is 32.2. The van der Waals surface area contributed by atoms with E-state index in [0.29, 0.717) is 12.5 Å². The van der Waals surface area contributed by atoms with Gasteiger partial charge in [0.25, 0.3) is 0 Å². The van der Waals surface area contributed by atoms with E-state index >= 15 is 0 Å². The predicted octanol–water partition coefficient (Wildman–Crippen LogP) is 2.69. The number of amides is 2. The second-order valence-corrected chi connectivity index (χ2v) is 7.13. The molecule has 0 saturated carbocycles. The number of carbonyl (C=O) groups is 1. The Balaban J connectivity index is 1.63. The lowest BCUT2D eigenvalue weighted by atomic mass is 10.1. The van der Waals surface area contributed by atoms with Gasteiger partial charge in [0.1, 0.15) is 0 Å². The molecule has 1 saturated heterocycles. The van der Waals surface area contributed by atoms with Crippen molar-refractivity contribution in [2.75, 3.05) is 38.0 Å². The molecule has 2 N–H and O–H groups in total. The molecule has 8 heteroatoms. The van der Waals surface area contributed by atoms with Gasteiger partial charge < -0.3 is 15.0 Å². The molecule has 7 nitrogen and oxygen atoms in total. The molecule has 1 fully saturated rings. The van der Waals surface area contributed by atoms with E-state index in [0.717, 1.165) is 48.8 Å². The van der Waals surface area contributed by atoms with Gasteiger partial charge in [-0.15, -0.1) is 0 Å². The smallest absolute Gasteiger partial charge is 0.325 e. The molecule has 0 spiro atoms. The second-order valence-electron chi connectivity index (χ2n) is 6.52. The van der Waals surface area contributed by atoms with Crippen LogP contribution in [0.3, 0.4) is 0 Å². The zero-order valence-corrected chi connectivity index (χ0v) is 16.5. The number of rotatable bonds is 7. The molecule has 3 rings (SSSR count). The van der Waals surface area contributed by atoms with Gasteiger partial charge in [-0.05, 0) is 23.6 Å². The number of anilines is 1. The molecular weight excluding hydrogens is 362 g/mol. The summed E-state index contributed by atoms with van der Waals surface area (Å²) in [6.45, 7) is 3.15. The average molecular weight is 388 g/mol. The Bertz CT molecular complexity index is 756. The fourth-order valence-electron chi connectivity index (χ4n) is 3.19. The van der Waals surface area contributed by atoms with Crippen molar-refractivity contribution in [3.63, 3.8) is 0 Å². The Morgan fingerprint density at radius 1 is 1.33 bits per heavy atom. The number of methoxy groups -OCH3 is 1. The summed E-state index contributed by atoms with van der Waals surface area (Å²) < 4.78 is 7.89. The SMILES string of the molecule is COCC1CCN(c2ncc(-c3cccc(CNC(=O)NSC)c3)cn2)C1. The summed E-state index contributed by atoms with van der Waals surface area (Å²) in [4.78, 5) is 22.8. The van der Waals surface area contributed by atoms with Crippen LogP contribution in [0.4, 0.5) is 10.7 Å². The first-order chi connectivity index (χ1) is 13.2. The minimum absolute atomic E-state index is 0.196. The van der Waals surface area contributed by atoms with Crippen molar-refractivity contribution in [3.8, 4) is 11.1 Å². The van der Waals surface area contributed by atoms with Crippen LogP contribution in [0.25, 0.3) is 11.1 Å². The first kappa shape index (κ1) is 19.4. The fourth-order valence-corrected chi connectivity index (χ4v) is 3.45.